The van der Waals surface area contributed by atoms with Crippen molar-refractivity contribution in [3.8, 4) is 0 Å². The van der Waals surface area contributed by atoms with E-state index in [2.05, 4.69) is 13.8 Å². The maximum absolute atomic E-state index is 13.3. The van der Waals surface area contributed by atoms with Gasteiger partial charge in [-0.05, 0) is 12.8 Å². The van der Waals surface area contributed by atoms with Crippen LogP contribution in [0.3, 0.4) is 0 Å². The first-order valence-electron chi connectivity index (χ1n) is 8.36. The summed E-state index contributed by atoms with van der Waals surface area (Å²) in [5.41, 5.74) is -1.14. The van der Waals surface area contributed by atoms with Crippen molar-refractivity contribution in [1.82, 2.24) is 9.80 Å². The first-order chi connectivity index (χ1) is 10.3. The second-order valence-corrected chi connectivity index (χ2v) is 7.14. The van der Waals surface area contributed by atoms with Gasteiger partial charge in [-0.1, -0.05) is 26.7 Å². The van der Waals surface area contributed by atoms with Gasteiger partial charge in [0.05, 0.1) is 10.8 Å². The van der Waals surface area contributed by atoms with Gasteiger partial charge in [-0.3, -0.25) is 14.4 Å². The van der Waals surface area contributed by atoms with E-state index >= 15 is 0 Å². The molecule has 2 amide bonds. The van der Waals surface area contributed by atoms with Gasteiger partial charge in [0.2, 0.25) is 11.8 Å². The van der Waals surface area contributed by atoms with Gasteiger partial charge in [-0.25, -0.2) is 0 Å². The Kier molecular flexibility index (Phi) is 4.64. The van der Waals surface area contributed by atoms with Gasteiger partial charge in [0.1, 0.15) is 0 Å². The molecule has 0 N–H and O–H groups in total. The summed E-state index contributed by atoms with van der Waals surface area (Å²) in [5.74, 6) is 0.355. The molecule has 2 aliphatic heterocycles. The number of nitrogens with zero attached hydrogens (tertiary/aromatic N) is 2. The molecule has 2 rings (SSSR count). The smallest absolute Gasteiger partial charge is 0.219 e. The number of ketones is 1. The number of Topliss-reactive ketones (excluding diaryl/α,β-unsaturated/α-hetero) is 1. The topological polar surface area (TPSA) is 57.7 Å². The Hall–Kier alpha value is -1.39. The molecule has 124 valence electrons. The summed E-state index contributed by atoms with van der Waals surface area (Å²) in [7, 11) is 0. The minimum atomic E-state index is -0.572. The summed E-state index contributed by atoms with van der Waals surface area (Å²) in [6, 6.07) is 0. The fourth-order valence-corrected chi connectivity index (χ4v) is 4.47. The van der Waals surface area contributed by atoms with E-state index in [4.69, 9.17) is 0 Å². The maximum Gasteiger partial charge on any atom is 0.219 e. The number of piperidine rings is 2. The zero-order valence-electron chi connectivity index (χ0n) is 14.3. The number of carbonyl (C=O) groups is 3. The van der Waals surface area contributed by atoms with E-state index in [1.165, 1.54) is 0 Å². The Morgan fingerprint density at radius 2 is 1.18 bits per heavy atom. The van der Waals surface area contributed by atoms with Crippen LogP contribution in [0.1, 0.15) is 53.4 Å². The van der Waals surface area contributed by atoms with Crippen LogP contribution in [-0.2, 0) is 14.4 Å². The summed E-state index contributed by atoms with van der Waals surface area (Å²) in [5, 5.41) is 0. The quantitative estimate of drug-likeness (QED) is 0.796. The zero-order chi connectivity index (χ0) is 16.5. The lowest BCUT2D eigenvalue weighted by Gasteiger charge is -2.57. The van der Waals surface area contributed by atoms with Crippen molar-refractivity contribution in [2.24, 2.45) is 10.8 Å². The molecule has 2 bridgehead atoms. The van der Waals surface area contributed by atoms with Gasteiger partial charge < -0.3 is 9.80 Å². The normalized spacial score (nSPS) is 31.4. The summed E-state index contributed by atoms with van der Waals surface area (Å²) < 4.78 is 0. The van der Waals surface area contributed by atoms with E-state index in [0.717, 1.165) is 25.7 Å². The van der Waals surface area contributed by atoms with E-state index < -0.39 is 10.8 Å². The van der Waals surface area contributed by atoms with Crippen LogP contribution in [0.15, 0.2) is 0 Å². The summed E-state index contributed by atoms with van der Waals surface area (Å²) in [4.78, 5) is 40.9. The van der Waals surface area contributed by atoms with Crippen molar-refractivity contribution < 1.29 is 14.4 Å². The molecule has 5 heteroatoms. The Bertz CT molecular complexity index is 432. The number of amides is 2. The third kappa shape index (κ3) is 2.66. The number of rotatable bonds is 4. The van der Waals surface area contributed by atoms with Crippen molar-refractivity contribution in [2.45, 2.75) is 53.4 Å². The molecule has 0 atom stereocenters. The van der Waals surface area contributed by atoms with E-state index in [1.54, 1.807) is 13.8 Å². The lowest BCUT2D eigenvalue weighted by atomic mass is 9.59. The number of likely N-dealkylation sites (tertiary alicyclic amines) is 2. The molecule has 0 aromatic heterocycles. The average molecular weight is 308 g/mol. The molecule has 0 saturated carbocycles. The molecule has 2 heterocycles. The van der Waals surface area contributed by atoms with E-state index in [0.29, 0.717) is 32.0 Å². The monoisotopic (exact) mass is 308 g/mol. The fourth-order valence-electron chi connectivity index (χ4n) is 4.47. The van der Waals surface area contributed by atoms with Crippen LogP contribution in [0.25, 0.3) is 0 Å². The van der Waals surface area contributed by atoms with Crippen molar-refractivity contribution in [1.29, 1.82) is 0 Å². The number of fused-ring (bicyclic) bond motifs is 2. The van der Waals surface area contributed by atoms with Gasteiger partial charge >= 0.3 is 0 Å². The molecule has 2 saturated heterocycles. The zero-order valence-corrected chi connectivity index (χ0v) is 14.3. The number of hydrogen-bond acceptors (Lipinski definition) is 3. The van der Waals surface area contributed by atoms with E-state index in [-0.39, 0.29) is 11.8 Å². The molecule has 2 fully saturated rings. The van der Waals surface area contributed by atoms with Crippen LogP contribution in [0.4, 0.5) is 0 Å². The van der Waals surface area contributed by atoms with Crippen LogP contribution in [0.5, 0.6) is 0 Å². The maximum atomic E-state index is 13.3. The molecule has 5 nitrogen and oxygen atoms in total. The third-order valence-electron chi connectivity index (χ3n) is 5.29. The predicted molar refractivity (Wildman–Crippen MR) is 84.2 cm³/mol. The van der Waals surface area contributed by atoms with Gasteiger partial charge in [-0.2, -0.15) is 0 Å². The van der Waals surface area contributed by atoms with Gasteiger partial charge in [0.15, 0.2) is 5.78 Å². The number of hydrogen-bond donors (Lipinski definition) is 0. The van der Waals surface area contributed by atoms with Gasteiger partial charge in [0.25, 0.3) is 0 Å². The van der Waals surface area contributed by atoms with Gasteiger partial charge in [0, 0.05) is 40.0 Å². The summed E-state index contributed by atoms with van der Waals surface area (Å²) >= 11 is 0. The number of carbonyl (C=O) groups excluding carboxylic acids is 3. The van der Waals surface area contributed by atoms with Crippen molar-refractivity contribution in [2.75, 3.05) is 26.2 Å². The molecule has 0 aromatic carbocycles. The van der Waals surface area contributed by atoms with Crippen LogP contribution in [-0.4, -0.2) is 53.6 Å². The molecule has 0 aliphatic carbocycles. The Morgan fingerprint density at radius 1 is 0.864 bits per heavy atom. The highest BCUT2D eigenvalue weighted by Gasteiger charge is 2.59. The SMILES string of the molecule is CCCC12CN(C(C)=O)CC(CCC)(CN(C(C)=O)C1)C2=O. The molecule has 22 heavy (non-hydrogen) atoms. The van der Waals surface area contributed by atoms with E-state index in [1.807, 2.05) is 9.80 Å². The highest BCUT2D eigenvalue weighted by atomic mass is 16.2. The molecule has 0 aromatic rings. The second-order valence-electron chi connectivity index (χ2n) is 7.14. The predicted octanol–water partition coefficient (Wildman–Crippen LogP) is 1.85. The molecular formula is C17H28N2O3. The Labute approximate surface area is 133 Å². The van der Waals surface area contributed by atoms with E-state index in [9.17, 15) is 14.4 Å². The van der Waals surface area contributed by atoms with Crippen LogP contribution >= 0.6 is 0 Å². The average Bonchev–Trinajstić information content (AvgIpc) is 2.41. The molecular weight excluding hydrogens is 280 g/mol. The van der Waals surface area contributed by atoms with Crippen molar-refractivity contribution in [3.63, 3.8) is 0 Å². The van der Waals surface area contributed by atoms with Crippen LogP contribution in [0, 0.1) is 10.8 Å². The minimum Gasteiger partial charge on any atom is -0.341 e. The Balaban J connectivity index is 2.48. The molecule has 0 spiro atoms. The first-order valence-corrected chi connectivity index (χ1v) is 8.36. The highest BCUT2D eigenvalue weighted by Crippen LogP contribution is 2.47. The fraction of sp³-hybridized carbons (Fsp3) is 0.824. The molecule has 0 radical (unpaired) electrons. The van der Waals surface area contributed by atoms with Crippen LogP contribution in [0.2, 0.25) is 0 Å². The van der Waals surface area contributed by atoms with Crippen molar-refractivity contribution in [3.05, 3.63) is 0 Å². The van der Waals surface area contributed by atoms with Gasteiger partial charge in [-0.15, -0.1) is 0 Å². The van der Waals surface area contributed by atoms with Crippen LogP contribution < -0.4 is 0 Å². The van der Waals surface area contributed by atoms with Crippen molar-refractivity contribution >= 4 is 17.6 Å². The first kappa shape index (κ1) is 17.0. The largest absolute Gasteiger partial charge is 0.341 e. The lowest BCUT2D eigenvalue weighted by Crippen LogP contribution is -2.70. The molecule has 0 unspecified atom stereocenters. The minimum absolute atomic E-state index is 0.0322. The highest BCUT2D eigenvalue weighted by molar-refractivity contribution is 5.95. The summed E-state index contributed by atoms with van der Waals surface area (Å²) in [6.45, 7) is 9.12. The Morgan fingerprint density at radius 3 is 1.41 bits per heavy atom. The standard InChI is InChI=1S/C17H28N2O3/c1-5-7-16-9-18(13(3)20)11-17(8-6-2,15(16)22)12-19(10-16)14(4)21/h5-12H2,1-4H3. The third-order valence-corrected chi connectivity index (χ3v) is 5.29. The lowest BCUT2D eigenvalue weighted by molar-refractivity contribution is -0.170. The molecule has 2 aliphatic rings. The summed E-state index contributed by atoms with van der Waals surface area (Å²) in [6.07, 6.45) is 3.24. The second kappa shape index (κ2) is 6.01.